The van der Waals surface area contributed by atoms with Crippen molar-refractivity contribution in [1.29, 1.82) is 0 Å². The highest BCUT2D eigenvalue weighted by molar-refractivity contribution is 7.92. The zero-order valence-electron chi connectivity index (χ0n) is 19.6. The van der Waals surface area contributed by atoms with Gasteiger partial charge in [0.05, 0.1) is 27.4 Å². The van der Waals surface area contributed by atoms with E-state index in [2.05, 4.69) is 5.32 Å². The summed E-state index contributed by atoms with van der Waals surface area (Å²) in [7, 11) is -3.93. The maximum Gasteiger partial charge on any atom is 0.255 e. The predicted molar refractivity (Wildman–Crippen MR) is 126 cm³/mol. The summed E-state index contributed by atoms with van der Waals surface area (Å²) in [6.45, 7) is 4.11. The Labute approximate surface area is 212 Å². The van der Waals surface area contributed by atoms with Gasteiger partial charge in [-0.3, -0.25) is 4.79 Å². The first-order valence-corrected chi connectivity index (χ1v) is 13.6. The molecule has 194 valence electrons. The van der Waals surface area contributed by atoms with E-state index in [1.165, 1.54) is 18.2 Å². The maximum absolute atomic E-state index is 13.8. The van der Waals surface area contributed by atoms with Gasteiger partial charge in [0.15, 0.2) is 33.1 Å². The number of carbonyl (C=O) groups excluding carboxylic acids is 1. The minimum absolute atomic E-state index is 0.0216. The fraction of sp³-hybridized carbons (Fsp3) is 0.480. The van der Waals surface area contributed by atoms with E-state index in [1.54, 1.807) is 0 Å². The van der Waals surface area contributed by atoms with Crippen molar-refractivity contribution >= 4 is 33.0 Å². The average Bonchev–Trinajstić information content (AvgIpc) is 3.25. The van der Waals surface area contributed by atoms with E-state index in [0.717, 1.165) is 12.8 Å². The number of rotatable bonds is 4. The van der Waals surface area contributed by atoms with E-state index in [1.807, 2.05) is 13.8 Å². The third kappa shape index (κ3) is 4.42. The molecule has 1 N–H and O–H groups in total. The molecule has 2 saturated carbocycles. The molecule has 5 rings (SSSR count). The van der Waals surface area contributed by atoms with Crippen molar-refractivity contribution < 1.29 is 35.9 Å². The van der Waals surface area contributed by atoms with E-state index in [4.69, 9.17) is 21.1 Å². The van der Waals surface area contributed by atoms with Crippen LogP contribution >= 0.6 is 11.6 Å². The van der Waals surface area contributed by atoms with E-state index >= 15 is 0 Å². The van der Waals surface area contributed by atoms with Crippen LogP contribution in [0.3, 0.4) is 0 Å². The molecule has 0 radical (unpaired) electrons. The van der Waals surface area contributed by atoms with Crippen molar-refractivity contribution in [1.82, 2.24) is 0 Å². The number of halogens is 4. The summed E-state index contributed by atoms with van der Waals surface area (Å²) < 4.78 is 79.9. The van der Waals surface area contributed by atoms with Gasteiger partial charge in [0.25, 0.3) is 5.91 Å². The Hall–Kier alpha value is -2.14. The predicted octanol–water partition coefficient (Wildman–Crippen LogP) is 5.49. The van der Waals surface area contributed by atoms with Crippen molar-refractivity contribution in [2.75, 3.05) is 11.9 Å². The summed E-state index contributed by atoms with van der Waals surface area (Å²) in [5, 5.41) is 1.57. The van der Waals surface area contributed by atoms with Crippen LogP contribution in [-0.4, -0.2) is 37.6 Å². The second-order valence-electron chi connectivity index (χ2n) is 10.3. The Bertz CT molecular complexity index is 1310. The quantitative estimate of drug-likeness (QED) is 0.515. The van der Waals surface area contributed by atoms with E-state index < -0.39 is 49.8 Å². The summed E-state index contributed by atoms with van der Waals surface area (Å²) in [6, 6.07) is 5.05. The molecule has 6 nitrogen and oxygen atoms in total. The Balaban J connectivity index is 1.41. The fourth-order valence-electron chi connectivity index (χ4n) is 6.05. The van der Waals surface area contributed by atoms with E-state index in [0.29, 0.717) is 31.6 Å². The number of sulfone groups is 1. The highest BCUT2D eigenvalue weighted by atomic mass is 35.5. The monoisotopic (exact) mass is 543 g/mol. The van der Waals surface area contributed by atoms with Gasteiger partial charge in [-0.25, -0.2) is 21.6 Å². The van der Waals surface area contributed by atoms with Gasteiger partial charge in [-0.1, -0.05) is 11.6 Å². The number of hydrogen-bond acceptors (Lipinski definition) is 5. The van der Waals surface area contributed by atoms with E-state index in [9.17, 15) is 26.4 Å². The minimum atomic E-state index is -3.93. The number of nitrogens with one attached hydrogen (secondary N) is 1. The summed E-state index contributed by atoms with van der Waals surface area (Å²) in [5.41, 5.74) is -0.892. The molecule has 3 aliphatic rings. The fourth-order valence-corrected chi connectivity index (χ4v) is 8.89. The second-order valence-corrected chi connectivity index (χ2v) is 12.8. The average molecular weight is 544 g/mol. The van der Waals surface area contributed by atoms with Gasteiger partial charge in [0.1, 0.15) is 0 Å². The van der Waals surface area contributed by atoms with Gasteiger partial charge in [-0.15, -0.1) is 0 Å². The lowest BCUT2D eigenvalue weighted by molar-refractivity contribution is -0.171. The first kappa shape index (κ1) is 25.5. The number of amides is 1. The number of hydrogen-bond donors (Lipinski definition) is 1. The number of benzene rings is 2. The number of ether oxygens (including phenoxy) is 2. The van der Waals surface area contributed by atoms with Crippen molar-refractivity contribution in [3.8, 4) is 0 Å². The van der Waals surface area contributed by atoms with Crippen LogP contribution in [0.25, 0.3) is 0 Å². The molecule has 1 amide bonds. The van der Waals surface area contributed by atoms with Gasteiger partial charge >= 0.3 is 0 Å². The van der Waals surface area contributed by atoms with Crippen molar-refractivity contribution in [2.45, 2.75) is 61.1 Å². The minimum Gasteiger partial charge on any atom is -0.347 e. The summed E-state index contributed by atoms with van der Waals surface area (Å²) in [6.07, 6.45) is 2.58. The van der Waals surface area contributed by atoms with Crippen LogP contribution in [0.4, 0.5) is 18.9 Å². The molecule has 2 aromatic rings. The molecule has 2 aliphatic carbocycles. The smallest absolute Gasteiger partial charge is 0.255 e. The molecule has 11 heteroatoms. The van der Waals surface area contributed by atoms with Crippen LogP contribution in [0.2, 0.25) is 5.02 Å². The third-order valence-corrected chi connectivity index (χ3v) is 10.2. The molecule has 1 spiro atoms. The molecule has 2 unspecified atom stereocenters. The van der Waals surface area contributed by atoms with Crippen molar-refractivity contribution in [2.24, 2.45) is 11.8 Å². The summed E-state index contributed by atoms with van der Waals surface area (Å²) in [4.78, 5) is 12.6. The number of carbonyl (C=O) groups is 1. The van der Waals surface area contributed by atoms with E-state index in [-0.39, 0.29) is 33.0 Å². The van der Waals surface area contributed by atoms with Gasteiger partial charge in [0.2, 0.25) is 0 Å². The molecule has 3 fully saturated rings. The van der Waals surface area contributed by atoms with Crippen LogP contribution < -0.4 is 5.32 Å². The summed E-state index contributed by atoms with van der Waals surface area (Å²) in [5.74, 6) is -6.42. The molecular formula is C25H25ClF3NO5S. The van der Waals surface area contributed by atoms with Crippen molar-refractivity contribution in [3.63, 3.8) is 0 Å². The molecular weight excluding hydrogens is 519 g/mol. The molecule has 1 heterocycles. The largest absolute Gasteiger partial charge is 0.347 e. The normalized spacial score (nSPS) is 29.0. The van der Waals surface area contributed by atoms with Crippen LogP contribution in [0.15, 0.2) is 35.2 Å². The van der Waals surface area contributed by atoms with Gasteiger partial charge in [0, 0.05) is 23.4 Å². The van der Waals surface area contributed by atoms with Crippen LogP contribution in [0, 0.1) is 29.3 Å². The Morgan fingerprint density at radius 2 is 1.67 bits per heavy atom. The Morgan fingerprint density at radius 1 is 1.06 bits per heavy atom. The highest BCUT2D eigenvalue weighted by Crippen LogP contribution is 2.55. The van der Waals surface area contributed by atoms with Gasteiger partial charge in [-0.05, 0) is 69.6 Å². The summed E-state index contributed by atoms with van der Waals surface area (Å²) >= 11 is 6.30. The zero-order chi connectivity index (χ0) is 26.0. The van der Waals surface area contributed by atoms with Gasteiger partial charge in [-0.2, -0.15) is 0 Å². The molecule has 2 aromatic carbocycles. The first-order chi connectivity index (χ1) is 16.8. The highest BCUT2D eigenvalue weighted by Gasteiger charge is 2.58. The molecule has 36 heavy (non-hydrogen) atoms. The molecule has 1 aliphatic heterocycles. The first-order valence-electron chi connectivity index (χ1n) is 11.6. The number of fused-ring (bicyclic) bond motifs is 2. The van der Waals surface area contributed by atoms with Crippen molar-refractivity contribution in [3.05, 3.63) is 58.4 Å². The standard InChI is InChI=1S/C25H25ClF3NO5S/c1-24(2)34-12-25(35-24)10-14-3-4-15(11-25)22(14)36(32,33)20-7-13(5-6-17(20)26)23(31)30-16-8-18(27)21(29)19(28)9-16/h5-9,14-15,22H,3-4,10-12H2,1-2H3,(H,30,31)/t14-,15?,22?,25+/m0/s1. The maximum atomic E-state index is 13.8. The van der Waals surface area contributed by atoms with Crippen LogP contribution in [0.1, 0.15) is 49.9 Å². The molecule has 1 saturated heterocycles. The van der Waals surface area contributed by atoms with Crippen LogP contribution in [-0.2, 0) is 19.3 Å². The lowest BCUT2D eigenvalue weighted by Gasteiger charge is -2.41. The van der Waals surface area contributed by atoms with Crippen LogP contribution in [0.5, 0.6) is 0 Å². The Kier molecular flexibility index (Phi) is 6.18. The van der Waals surface area contributed by atoms with Gasteiger partial charge < -0.3 is 14.8 Å². The lowest BCUT2D eigenvalue weighted by atomic mass is 9.77. The molecule has 0 aromatic heterocycles. The SMILES string of the molecule is CC1(C)OC[C@@]2(CC3CC[C@@H](C2)C3S(=O)(=O)c2cc(C(=O)Nc3cc(F)c(F)c(F)c3)ccc2Cl)O1. The Morgan fingerprint density at radius 3 is 2.22 bits per heavy atom. The third-order valence-electron chi connectivity index (χ3n) is 7.35. The second kappa shape index (κ2) is 8.72. The zero-order valence-corrected chi connectivity index (χ0v) is 21.2. The molecule has 4 atom stereocenters. The topological polar surface area (TPSA) is 81.7 Å². The number of anilines is 1. The lowest BCUT2D eigenvalue weighted by Crippen LogP contribution is -2.48. The molecule has 2 bridgehead atoms.